The molecule has 0 fully saturated rings. The molecule has 1 aromatic heterocycles. The summed E-state index contributed by atoms with van der Waals surface area (Å²) in [4.78, 5) is 10.8. The van der Waals surface area contributed by atoms with Crippen LogP contribution in [0.25, 0.3) is 5.57 Å². The fourth-order valence-corrected chi connectivity index (χ4v) is 3.24. The number of aromatic nitrogens is 1. The molecule has 0 atom stereocenters. The van der Waals surface area contributed by atoms with Crippen molar-refractivity contribution in [2.24, 2.45) is 4.99 Å². The Morgan fingerprint density at radius 1 is 1.06 bits per heavy atom. The van der Waals surface area contributed by atoms with Gasteiger partial charge in [0.05, 0.1) is 12.2 Å². The zero-order chi connectivity index (χ0) is 23.7. The molecule has 0 unspecified atom stereocenters. The van der Waals surface area contributed by atoms with E-state index in [1.807, 2.05) is 43.5 Å². The van der Waals surface area contributed by atoms with Gasteiger partial charge in [-0.05, 0) is 84.7 Å². The van der Waals surface area contributed by atoms with Crippen molar-refractivity contribution in [3.05, 3.63) is 115 Å². The number of anilines is 1. The minimum Gasteiger partial charge on any atom is -0.311 e. The summed E-state index contributed by atoms with van der Waals surface area (Å²) in [5.74, 6) is 0. The van der Waals surface area contributed by atoms with E-state index in [1.54, 1.807) is 6.20 Å². The number of pyridine rings is 1. The number of nitrogens with zero attached hydrogens (tertiary/aromatic N) is 3. The monoisotopic (exact) mass is 425 g/mol. The van der Waals surface area contributed by atoms with Crippen LogP contribution in [0.5, 0.6) is 0 Å². The van der Waals surface area contributed by atoms with E-state index >= 15 is 0 Å². The van der Waals surface area contributed by atoms with Crippen molar-refractivity contribution in [1.82, 2.24) is 4.98 Å². The molecule has 32 heavy (non-hydrogen) atoms. The van der Waals surface area contributed by atoms with Crippen molar-refractivity contribution >= 4 is 17.5 Å². The zero-order valence-corrected chi connectivity index (χ0v) is 20.1. The standard InChI is InChI=1S/C29H35N3/c1-9-26(20-23(4)28-13-11-12-18-31-28)32(24(5)19-22(3)21-30-10-2)27-16-14-25(15-17-27)29(6,7)8/h9-20H,1,4-5,21H2,2-3,6-8H3. The van der Waals surface area contributed by atoms with Crippen molar-refractivity contribution in [2.45, 2.75) is 40.0 Å². The fraction of sp³-hybridized carbons (Fsp3) is 0.241. The van der Waals surface area contributed by atoms with Crippen LogP contribution in [-0.2, 0) is 5.41 Å². The van der Waals surface area contributed by atoms with E-state index in [-0.39, 0.29) is 5.41 Å². The number of hydrogen-bond donors (Lipinski definition) is 0. The lowest BCUT2D eigenvalue weighted by molar-refractivity contribution is 0.590. The fourth-order valence-electron chi connectivity index (χ4n) is 3.24. The molecule has 1 aromatic carbocycles. The van der Waals surface area contributed by atoms with E-state index in [9.17, 15) is 0 Å². The third-order valence-corrected chi connectivity index (χ3v) is 5.00. The molecule has 1 heterocycles. The first-order valence-corrected chi connectivity index (χ1v) is 10.8. The Kier molecular flexibility index (Phi) is 8.71. The Morgan fingerprint density at radius 3 is 2.28 bits per heavy atom. The van der Waals surface area contributed by atoms with Gasteiger partial charge in [0.25, 0.3) is 0 Å². The Balaban J connectivity index is 2.53. The van der Waals surface area contributed by atoms with E-state index < -0.39 is 0 Å². The highest BCUT2D eigenvalue weighted by Gasteiger charge is 2.17. The quantitative estimate of drug-likeness (QED) is 0.307. The summed E-state index contributed by atoms with van der Waals surface area (Å²) in [6, 6.07) is 14.4. The van der Waals surface area contributed by atoms with Crippen molar-refractivity contribution in [1.29, 1.82) is 0 Å². The molecule has 0 N–H and O–H groups in total. The highest BCUT2D eigenvalue weighted by molar-refractivity contribution is 5.74. The Morgan fingerprint density at radius 2 is 1.75 bits per heavy atom. The average Bonchev–Trinajstić information content (AvgIpc) is 2.77. The van der Waals surface area contributed by atoms with Crippen molar-refractivity contribution in [3.8, 4) is 0 Å². The molecule has 0 aliphatic rings. The number of hydrogen-bond acceptors (Lipinski definition) is 3. The normalized spacial score (nSPS) is 12.7. The molecule has 166 valence electrons. The lowest BCUT2D eigenvalue weighted by atomic mass is 9.87. The van der Waals surface area contributed by atoms with Crippen LogP contribution in [0.15, 0.2) is 109 Å². The van der Waals surface area contributed by atoms with E-state index in [1.165, 1.54) is 5.56 Å². The van der Waals surface area contributed by atoms with Crippen molar-refractivity contribution < 1.29 is 0 Å². The number of allylic oxidation sites excluding steroid dienone is 4. The largest absolute Gasteiger partial charge is 0.311 e. The molecule has 0 aliphatic carbocycles. The van der Waals surface area contributed by atoms with Crippen molar-refractivity contribution in [2.75, 3.05) is 11.4 Å². The molecule has 0 spiro atoms. The third kappa shape index (κ3) is 6.78. The summed E-state index contributed by atoms with van der Waals surface area (Å²) in [6.07, 6.45) is 9.46. The molecule has 0 radical (unpaired) electrons. The summed E-state index contributed by atoms with van der Waals surface area (Å²) in [5, 5.41) is 0. The zero-order valence-electron chi connectivity index (χ0n) is 20.1. The maximum absolute atomic E-state index is 4.42. The van der Waals surface area contributed by atoms with Crippen LogP contribution in [0.1, 0.15) is 45.9 Å². The highest BCUT2D eigenvalue weighted by atomic mass is 15.1. The van der Waals surface area contributed by atoms with Gasteiger partial charge < -0.3 is 4.90 Å². The van der Waals surface area contributed by atoms with Gasteiger partial charge in [0.15, 0.2) is 0 Å². The van der Waals surface area contributed by atoms with E-state index in [0.717, 1.165) is 33.9 Å². The van der Waals surface area contributed by atoms with Gasteiger partial charge >= 0.3 is 0 Å². The second-order valence-electron chi connectivity index (χ2n) is 8.73. The third-order valence-electron chi connectivity index (χ3n) is 5.00. The summed E-state index contributed by atoms with van der Waals surface area (Å²) < 4.78 is 0. The molecular formula is C29H35N3. The molecule has 3 heteroatoms. The number of rotatable bonds is 9. The molecule has 0 saturated heterocycles. The van der Waals surface area contributed by atoms with Gasteiger partial charge in [0.2, 0.25) is 0 Å². The van der Waals surface area contributed by atoms with Crippen LogP contribution in [0, 0.1) is 0 Å². The van der Waals surface area contributed by atoms with Gasteiger partial charge in [0.1, 0.15) is 0 Å². The van der Waals surface area contributed by atoms with Crippen molar-refractivity contribution in [3.63, 3.8) is 0 Å². The Hall–Kier alpha value is -3.46. The van der Waals surface area contributed by atoms with Crippen LogP contribution in [0.4, 0.5) is 5.69 Å². The van der Waals surface area contributed by atoms with E-state index in [4.69, 9.17) is 0 Å². The predicted molar refractivity (Wildman–Crippen MR) is 141 cm³/mol. The molecular weight excluding hydrogens is 390 g/mol. The summed E-state index contributed by atoms with van der Waals surface area (Å²) >= 11 is 0. The first-order chi connectivity index (χ1) is 15.2. The Labute approximate surface area is 193 Å². The molecule has 0 amide bonds. The second-order valence-corrected chi connectivity index (χ2v) is 8.73. The number of benzene rings is 1. The van der Waals surface area contributed by atoms with Crippen LogP contribution < -0.4 is 4.90 Å². The minimum absolute atomic E-state index is 0.0827. The lowest BCUT2D eigenvalue weighted by Gasteiger charge is -2.28. The number of aliphatic imine (C=N–C) groups is 1. The van der Waals surface area contributed by atoms with Crippen LogP contribution in [-0.4, -0.2) is 17.7 Å². The van der Waals surface area contributed by atoms with Gasteiger partial charge in [-0.3, -0.25) is 9.98 Å². The Bertz CT molecular complexity index is 1030. The van der Waals surface area contributed by atoms with E-state index in [2.05, 4.69) is 92.6 Å². The SMILES string of the molecule is C=CC(=CC(=C)c1ccccn1)N(C(=C)C=C(C)CN=CC)c1ccc(C(C)(C)C)cc1. The molecule has 2 aromatic rings. The van der Waals surface area contributed by atoms with Crippen LogP contribution >= 0.6 is 0 Å². The summed E-state index contributed by atoms with van der Waals surface area (Å²) in [7, 11) is 0. The minimum atomic E-state index is 0.0827. The first-order valence-electron chi connectivity index (χ1n) is 10.8. The van der Waals surface area contributed by atoms with Gasteiger partial charge in [-0.15, -0.1) is 0 Å². The van der Waals surface area contributed by atoms with Crippen LogP contribution in [0.3, 0.4) is 0 Å². The summed E-state index contributed by atoms with van der Waals surface area (Å²) in [6.45, 7) is 23.9. The average molecular weight is 426 g/mol. The molecule has 3 nitrogen and oxygen atoms in total. The molecule has 0 bridgehead atoms. The van der Waals surface area contributed by atoms with Gasteiger partial charge in [-0.1, -0.05) is 58.7 Å². The molecule has 0 saturated carbocycles. The molecule has 0 aliphatic heterocycles. The topological polar surface area (TPSA) is 28.5 Å². The smallest absolute Gasteiger partial charge is 0.0696 e. The maximum Gasteiger partial charge on any atom is 0.0696 e. The lowest BCUT2D eigenvalue weighted by Crippen LogP contribution is -2.20. The van der Waals surface area contributed by atoms with Crippen LogP contribution in [0.2, 0.25) is 0 Å². The maximum atomic E-state index is 4.42. The van der Waals surface area contributed by atoms with Gasteiger partial charge in [0, 0.05) is 23.3 Å². The second kappa shape index (κ2) is 11.2. The van der Waals surface area contributed by atoms with E-state index in [0.29, 0.717) is 6.54 Å². The molecule has 2 rings (SSSR count). The predicted octanol–water partition coefficient (Wildman–Crippen LogP) is 7.52. The highest BCUT2D eigenvalue weighted by Crippen LogP contribution is 2.30. The van der Waals surface area contributed by atoms with Gasteiger partial charge in [-0.2, -0.15) is 0 Å². The van der Waals surface area contributed by atoms with Gasteiger partial charge in [-0.25, -0.2) is 0 Å². The first kappa shape index (κ1) is 24.8. The summed E-state index contributed by atoms with van der Waals surface area (Å²) in [5.41, 5.74) is 6.82.